The van der Waals surface area contributed by atoms with Gasteiger partial charge in [-0.25, -0.2) is 13.1 Å². The number of sulfonamides is 1. The molecule has 0 radical (unpaired) electrons. The Balaban J connectivity index is 2.55. The largest absolute Gasteiger partial charge is 0.330 e. The highest BCUT2D eigenvalue weighted by Gasteiger charge is 2.30. The van der Waals surface area contributed by atoms with E-state index in [1.807, 2.05) is 0 Å². The normalized spacial score (nSPS) is 23.9. The number of nitrogens with zero attached hydrogens (tertiary/aromatic N) is 2. The number of rotatable bonds is 6. The SMILES string of the molecule is CCN(O)CN(C)C(=O)C1CCCC(NS(C)(=O)=O)C1. The second-order valence-corrected chi connectivity index (χ2v) is 7.23. The van der Waals surface area contributed by atoms with Gasteiger partial charge in [-0.15, -0.1) is 0 Å². The van der Waals surface area contributed by atoms with Gasteiger partial charge in [0.15, 0.2) is 0 Å². The molecule has 1 saturated carbocycles. The van der Waals surface area contributed by atoms with Gasteiger partial charge in [0.25, 0.3) is 0 Å². The number of hydrogen-bond acceptors (Lipinski definition) is 5. The number of hydrogen-bond donors (Lipinski definition) is 2. The second-order valence-electron chi connectivity index (χ2n) is 5.45. The van der Waals surface area contributed by atoms with Crippen molar-refractivity contribution >= 4 is 15.9 Å². The van der Waals surface area contributed by atoms with Gasteiger partial charge in [0.2, 0.25) is 15.9 Å². The molecule has 0 aromatic carbocycles. The molecule has 2 N–H and O–H groups in total. The zero-order valence-corrected chi connectivity index (χ0v) is 13.2. The summed E-state index contributed by atoms with van der Waals surface area (Å²) in [7, 11) is -1.59. The van der Waals surface area contributed by atoms with E-state index >= 15 is 0 Å². The van der Waals surface area contributed by atoms with Gasteiger partial charge in [-0.05, 0) is 19.3 Å². The fraction of sp³-hybridized carbons (Fsp3) is 0.917. The molecule has 0 aliphatic heterocycles. The van der Waals surface area contributed by atoms with E-state index in [0.29, 0.717) is 13.0 Å². The number of hydroxylamine groups is 2. The third kappa shape index (κ3) is 5.74. The predicted molar refractivity (Wildman–Crippen MR) is 75.5 cm³/mol. The number of carbonyl (C=O) groups excluding carboxylic acids is 1. The number of carbonyl (C=O) groups is 1. The van der Waals surface area contributed by atoms with Crippen molar-refractivity contribution in [3.63, 3.8) is 0 Å². The monoisotopic (exact) mass is 307 g/mol. The Morgan fingerprint density at radius 3 is 2.60 bits per heavy atom. The minimum absolute atomic E-state index is 0.0440. The Kier molecular flexibility index (Phi) is 6.38. The first-order valence-corrected chi connectivity index (χ1v) is 8.78. The molecular formula is C12H25N3O4S. The van der Waals surface area contributed by atoms with Crippen LogP contribution in [0, 0.1) is 5.92 Å². The summed E-state index contributed by atoms with van der Waals surface area (Å²) >= 11 is 0. The van der Waals surface area contributed by atoms with Crippen molar-refractivity contribution in [3.8, 4) is 0 Å². The molecule has 0 heterocycles. The van der Waals surface area contributed by atoms with E-state index in [0.717, 1.165) is 30.6 Å². The zero-order chi connectivity index (χ0) is 15.3. The summed E-state index contributed by atoms with van der Waals surface area (Å²) in [5.41, 5.74) is 0. The molecule has 0 aromatic rings. The quantitative estimate of drug-likeness (QED) is 0.541. The molecular weight excluding hydrogens is 282 g/mol. The third-order valence-electron chi connectivity index (χ3n) is 3.52. The van der Waals surface area contributed by atoms with Crippen molar-refractivity contribution in [2.24, 2.45) is 5.92 Å². The summed E-state index contributed by atoms with van der Waals surface area (Å²) in [6.07, 6.45) is 4.02. The molecule has 1 fully saturated rings. The van der Waals surface area contributed by atoms with Crippen molar-refractivity contribution < 1.29 is 18.4 Å². The highest BCUT2D eigenvalue weighted by Crippen LogP contribution is 2.26. The topological polar surface area (TPSA) is 89.9 Å². The van der Waals surface area contributed by atoms with E-state index in [1.165, 1.54) is 4.90 Å². The average Bonchev–Trinajstić information content (AvgIpc) is 2.35. The van der Waals surface area contributed by atoms with E-state index in [4.69, 9.17) is 0 Å². The molecule has 0 spiro atoms. The summed E-state index contributed by atoms with van der Waals surface area (Å²) in [4.78, 5) is 13.8. The van der Waals surface area contributed by atoms with Crippen LogP contribution in [0.15, 0.2) is 0 Å². The van der Waals surface area contributed by atoms with Crippen LogP contribution in [0.4, 0.5) is 0 Å². The fourth-order valence-electron chi connectivity index (χ4n) is 2.55. The maximum Gasteiger partial charge on any atom is 0.226 e. The lowest BCUT2D eigenvalue weighted by Gasteiger charge is -2.32. The average molecular weight is 307 g/mol. The molecule has 0 aromatic heterocycles. The Bertz CT molecular complexity index is 426. The lowest BCUT2D eigenvalue weighted by atomic mass is 9.85. The van der Waals surface area contributed by atoms with Gasteiger partial charge in [-0.3, -0.25) is 4.79 Å². The van der Waals surface area contributed by atoms with Gasteiger partial charge in [-0.2, -0.15) is 5.06 Å². The first kappa shape index (κ1) is 17.4. The van der Waals surface area contributed by atoms with Gasteiger partial charge < -0.3 is 10.1 Å². The van der Waals surface area contributed by atoms with Gasteiger partial charge >= 0.3 is 0 Å². The summed E-state index contributed by atoms with van der Waals surface area (Å²) < 4.78 is 25.1. The van der Waals surface area contributed by atoms with Crippen LogP contribution in [-0.4, -0.2) is 62.1 Å². The van der Waals surface area contributed by atoms with E-state index in [-0.39, 0.29) is 24.5 Å². The van der Waals surface area contributed by atoms with Crippen LogP contribution in [0.3, 0.4) is 0 Å². The van der Waals surface area contributed by atoms with Gasteiger partial charge in [0.1, 0.15) is 0 Å². The molecule has 7 nitrogen and oxygen atoms in total. The standard InChI is InChI=1S/C12H25N3O4S/c1-4-15(17)9-14(2)12(16)10-6-5-7-11(8-10)13-20(3,18)19/h10-11,13,17H,4-9H2,1-3H3. The van der Waals surface area contributed by atoms with Crippen LogP contribution in [0.5, 0.6) is 0 Å². The van der Waals surface area contributed by atoms with Crippen molar-refractivity contribution in [1.29, 1.82) is 0 Å². The molecule has 1 amide bonds. The van der Waals surface area contributed by atoms with E-state index < -0.39 is 10.0 Å². The maximum atomic E-state index is 12.3. The first-order chi connectivity index (χ1) is 9.23. The Labute approximate surface area is 120 Å². The van der Waals surface area contributed by atoms with Crippen molar-refractivity contribution in [2.45, 2.75) is 38.6 Å². The zero-order valence-electron chi connectivity index (χ0n) is 12.4. The van der Waals surface area contributed by atoms with Crippen LogP contribution in [0.2, 0.25) is 0 Å². The number of amides is 1. The molecule has 0 bridgehead atoms. The Morgan fingerprint density at radius 1 is 1.40 bits per heavy atom. The van der Waals surface area contributed by atoms with Crippen LogP contribution in [0.25, 0.3) is 0 Å². The van der Waals surface area contributed by atoms with Crippen LogP contribution < -0.4 is 4.72 Å². The first-order valence-electron chi connectivity index (χ1n) is 6.89. The number of nitrogens with one attached hydrogen (secondary N) is 1. The van der Waals surface area contributed by atoms with Gasteiger partial charge in [0.05, 0.1) is 12.9 Å². The molecule has 2 unspecified atom stereocenters. The molecule has 0 saturated heterocycles. The molecule has 1 aliphatic carbocycles. The second kappa shape index (κ2) is 7.35. The Morgan fingerprint density at radius 2 is 2.05 bits per heavy atom. The van der Waals surface area contributed by atoms with Crippen molar-refractivity contribution in [3.05, 3.63) is 0 Å². The molecule has 2 atom stereocenters. The van der Waals surface area contributed by atoms with E-state index in [9.17, 15) is 18.4 Å². The summed E-state index contributed by atoms with van der Waals surface area (Å²) in [6.45, 7) is 2.40. The van der Waals surface area contributed by atoms with Crippen LogP contribution in [-0.2, 0) is 14.8 Å². The highest BCUT2D eigenvalue weighted by molar-refractivity contribution is 7.88. The minimum Gasteiger partial charge on any atom is -0.330 e. The molecule has 1 rings (SSSR count). The van der Waals surface area contributed by atoms with Crippen molar-refractivity contribution in [1.82, 2.24) is 14.7 Å². The van der Waals surface area contributed by atoms with Crippen LogP contribution in [0.1, 0.15) is 32.6 Å². The minimum atomic E-state index is -3.24. The Hall–Kier alpha value is -0.700. The highest BCUT2D eigenvalue weighted by atomic mass is 32.2. The lowest BCUT2D eigenvalue weighted by Crippen LogP contribution is -2.45. The summed E-state index contributed by atoms with van der Waals surface area (Å²) in [5, 5.41) is 10.5. The third-order valence-corrected chi connectivity index (χ3v) is 4.28. The maximum absolute atomic E-state index is 12.3. The van der Waals surface area contributed by atoms with Crippen molar-refractivity contribution in [2.75, 3.05) is 26.5 Å². The smallest absolute Gasteiger partial charge is 0.226 e. The van der Waals surface area contributed by atoms with E-state index in [2.05, 4.69) is 4.72 Å². The summed E-state index contributed by atoms with van der Waals surface area (Å²) in [5.74, 6) is -0.226. The molecule has 8 heteroatoms. The van der Waals surface area contributed by atoms with E-state index in [1.54, 1.807) is 14.0 Å². The lowest BCUT2D eigenvalue weighted by molar-refractivity contribution is -0.153. The van der Waals surface area contributed by atoms with Gasteiger partial charge in [0, 0.05) is 25.6 Å². The molecule has 20 heavy (non-hydrogen) atoms. The molecule has 1 aliphatic rings. The van der Waals surface area contributed by atoms with Gasteiger partial charge in [-0.1, -0.05) is 13.3 Å². The summed E-state index contributed by atoms with van der Waals surface area (Å²) in [6, 6.07) is -0.169. The predicted octanol–water partition coefficient (Wildman–Crippen LogP) is 0.221. The molecule has 118 valence electrons. The fourth-order valence-corrected chi connectivity index (χ4v) is 3.37. The van der Waals surface area contributed by atoms with Crippen LogP contribution >= 0.6 is 0 Å².